The number of sulfone groups is 1. The highest BCUT2D eigenvalue weighted by Crippen LogP contribution is 2.38. The van der Waals surface area contributed by atoms with E-state index < -0.39 is 26.4 Å². The predicted molar refractivity (Wildman–Crippen MR) is 176 cm³/mol. The molecule has 15 heteroatoms. The fourth-order valence-corrected chi connectivity index (χ4v) is 6.60. The normalized spacial score (nSPS) is 14.4. The second-order valence-corrected chi connectivity index (χ2v) is 14.8. The van der Waals surface area contributed by atoms with Crippen LogP contribution in [0.3, 0.4) is 0 Å². The summed E-state index contributed by atoms with van der Waals surface area (Å²) < 4.78 is 51.5. The summed E-state index contributed by atoms with van der Waals surface area (Å²) in [6.07, 6.45) is 4.51. The molecule has 246 valence electrons. The molecule has 0 spiro atoms. The van der Waals surface area contributed by atoms with Gasteiger partial charge < -0.3 is 19.7 Å². The Morgan fingerprint density at radius 2 is 1.77 bits per heavy atom. The number of esters is 1. The number of hydrogen-bond acceptors (Lipinski definition) is 12. The number of piperazine rings is 1. The van der Waals surface area contributed by atoms with Crippen LogP contribution in [0.25, 0.3) is 21.8 Å². The van der Waals surface area contributed by atoms with E-state index >= 15 is 0 Å². The van der Waals surface area contributed by atoms with E-state index in [1.54, 1.807) is 51.2 Å². The van der Waals surface area contributed by atoms with Crippen LogP contribution in [-0.4, -0.2) is 95.6 Å². The van der Waals surface area contributed by atoms with Gasteiger partial charge in [-0.05, 0) is 51.1 Å². The van der Waals surface area contributed by atoms with E-state index in [4.69, 9.17) is 9.47 Å². The molecule has 1 aliphatic heterocycles. The first-order valence-electron chi connectivity index (χ1n) is 15.0. The maximum absolute atomic E-state index is 14.0. The third kappa shape index (κ3) is 6.53. The molecule has 1 saturated heterocycles. The van der Waals surface area contributed by atoms with Gasteiger partial charge in [0.15, 0.2) is 15.7 Å². The molecule has 1 aliphatic rings. The number of carbonyl (C=O) groups excluding carboxylic acids is 1. The molecular formula is C32H35FN8O5S. The minimum Gasteiger partial charge on any atom is -0.491 e. The number of pyridine rings is 1. The molecule has 0 unspecified atom stereocenters. The molecule has 0 amide bonds. The zero-order valence-corrected chi connectivity index (χ0v) is 27.3. The van der Waals surface area contributed by atoms with E-state index in [0.29, 0.717) is 64.5 Å². The second-order valence-electron chi connectivity index (χ2n) is 12.1. The first-order valence-corrected chi connectivity index (χ1v) is 16.5. The summed E-state index contributed by atoms with van der Waals surface area (Å²) in [4.78, 5) is 29.1. The van der Waals surface area contributed by atoms with Crippen molar-refractivity contribution in [3.8, 4) is 5.75 Å². The van der Waals surface area contributed by atoms with Gasteiger partial charge in [0.2, 0.25) is 5.95 Å². The van der Waals surface area contributed by atoms with Crippen LogP contribution in [-0.2, 0) is 14.6 Å². The molecule has 6 rings (SSSR count). The second kappa shape index (κ2) is 12.7. The minimum absolute atomic E-state index is 0.0591. The molecule has 47 heavy (non-hydrogen) atoms. The molecule has 0 saturated carbocycles. The smallest absolute Gasteiger partial charge is 0.341 e. The Labute approximate surface area is 271 Å². The summed E-state index contributed by atoms with van der Waals surface area (Å²) in [6.45, 7) is 8.56. The summed E-state index contributed by atoms with van der Waals surface area (Å²) in [5.41, 5.74) is 2.03. The Bertz CT molecular complexity index is 2040. The van der Waals surface area contributed by atoms with Crippen molar-refractivity contribution in [1.82, 2.24) is 30.0 Å². The van der Waals surface area contributed by atoms with Crippen LogP contribution >= 0.6 is 0 Å². The summed E-state index contributed by atoms with van der Waals surface area (Å²) in [6, 6.07) is 9.28. The van der Waals surface area contributed by atoms with E-state index in [1.165, 1.54) is 31.6 Å². The Morgan fingerprint density at radius 3 is 2.47 bits per heavy atom. The molecule has 5 aromatic rings. The summed E-state index contributed by atoms with van der Waals surface area (Å²) in [5, 5.41) is 11.5. The van der Waals surface area contributed by atoms with E-state index in [9.17, 15) is 17.6 Å². The highest BCUT2D eigenvalue weighted by molar-refractivity contribution is 7.92. The van der Waals surface area contributed by atoms with Gasteiger partial charge in [-0.15, -0.1) is 0 Å². The molecule has 0 radical (unpaired) electrons. The number of aromatic amines is 1. The van der Waals surface area contributed by atoms with Crippen LogP contribution in [0.5, 0.6) is 5.75 Å². The number of ether oxygens (including phenoxy) is 2. The zero-order chi connectivity index (χ0) is 33.3. The molecule has 2 N–H and O–H groups in total. The number of aromatic nitrogens is 5. The van der Waals surface area contributed by atoms with E-state index in [1.807, 2.05) is 4.90 Å². The average molecular weight is 663 g/mol. The van der Waals surface area contributed by atoms with Crippen molar-refractivity contribution < 1.29 is 27.1 Å². The number of carbonyl (C=O) groups is 1. The van der Waals surface area contributed by atoms with Gasteiger partial charge in [0.25, 0.3) is 0 Å². The Hall–Kier alpha value is -4.89. The number of benzene rings is 2. The number of fused-ring (bicyclic) bond motifs is 2. The van der Waals surface area contributed by atoms with Gasteiger partial charge in [-0.1, -0.05) is 0 Å². The number of nitrogens with one attached hydrogen (secondary N) is 2. The fourth-order valence-electron chi connectivity index (χ4n) is 5.29. The van der Waals surface area contributed by atoms with Crippen molar-refractivity contribution in [2.24, 2.45) is 0 Å². The lowest BCUT2D eigenvalue weighted by Crippen LogP contribution is -2.48. The number of methoxy groups -OCH3 is 1. The monoisotopic (exact) mass is 662 g/mol. The lowest BCUT2D eigenvalue weighted by Gasteiger charge is -2.34. The van der Waals surface area contributed by atoms with Crippen LogP contribution < -0.4 is 15.0 Å². The van der Waals surface area contributed by atoms with E-state index in [-0.39, 0.29) is 17.3 Å². The van der Waals surface area contributed by atoms with Gasteiger partial charge in [-0.2, -0.15) is 5.10 Å². The van der Waals surface area contributed by atoms with Crippen LogP contribution in [0.1, 0.15) is 31.1 Å². The molecule has 13 nitrogen and oxygen atoms in total. The largest absolute Gasteiger partial charge is 0.491 e. The van der Waals surface area contributed by atoms with Gasteiger partial charge in [0, 0.05) is 68.2 Å². The lowest BCUT2D eigenvalue weighted by molar-refractivity contribution is 0.0599. The number of nitrogens with zero attached hydrogens (tertiary/aromatic N) is 6. The van der Waals surface area contributed by atoms with Crippen molar-refractivity contribution in [1.29, 1.82) is 0 Å². The molecule has 0 bridgehead atoms. The van der Waals surface area contributed by atoms with Crippen molar-refractivity contribution in [3.05, 3.63) is 66.4 Å². The molecule has 0 atom stereocenters. The summed E-state index contributed by atoms with van der Waals surface area (Å²) >= 11 is 0. The summed E-state index contributed by atoms with van der Waals surface area (Å²) in [5.74, 6) is 0.277. The number of halogens is 1. The van der Waals surface area contributed by atoms with Crippen molar-refractivity contribution in [2.45, 2.75) is 30.4 Å². The predicted octanol–water partition coefficient (Wildman–Crippen LogP) is 4.34. The van der Waals surface area contributed by atoms with Crippen LogP contribution in [0, 0.1) is 5.82 Å². The van der Waals surface area contributed by atoms with Crippen LogP contribution in [0.2, 0.25) is 0 Å². The molecule has 1 fully saturated rings. The highest BCUT2D eigenvalue weighted by atomic mass is 32.2. The van der Waals surface area contributed by atoms with Gasteiger partial charge in [0.1, 0.15) is 23.1 Å². The molecule has 0 aliphatic carbocycles. The SMILES string of the molecule is COC(=O)c1cnc(N2CCN(CCOc3cc4nccc(Nc5n[nH]c6ccc(F)cc56)c4cc3S(=O)(=O)C(C)(C)C)CC2)nc1. The minimum atomic E-state index is -3.84. The van der Waals surface area contributed by atoms with Crippen molar-refractivity contribution in [2.75, 3.05) is 56.7 Å². The number of hydrogen-bond donors (Lipinski definition) is 2. The third-order valence-corrected chi connectivity index (χ3v) is 10.6. The topological polar surface area (TPSA) is 156 Å². The molecular weight excluding hydrogens is 627 g/mol. The number of H-pyrrole nitrogens is 1. The highest BCUT2D eigenvalue weighted by Gasteiger charge is 2.34. The van der Waals surface area contributed by atoms with E-state index in [2.05, 4.69) is 35.4 Å². The van der Waals surface area contributed by atoms with Gasteiger partial charge in [0.05, 0.1) is 34.1 Å². The standard InChI is InChI=1S/C32H35FN8O5S/c1-32(2,3)47(43,44)28-16-22-24(37-29-23-15-21(33)5-6-25(23)38-39-29)7-8-34-26(22)17-27(28)46-14-13-40-9-11-41(12-10-40)31-35-18-20(19-36-31)30(42)45-4/h5-8,15-19H,9-14H2,1-4H3,(H2,34,37,38,39). The van der Waals surface area contributed by atoms with Gasteiger partial charge in [-0.3, -0.25) is 15.0 Å². The first kappa shape index (κ1) is 32.1. The number of rotatable bonds is 9. The maximum Gasteiger partial charge on any atom is 0.341 e. The quantitative estimate of drug-likeness (QED) is 0.216. The van der Waals surface area contributed by atoms with Gasteiger partial charge in [-0.25, -0.2) is 27.6 Å². The molecule has 4 heterocycles. The first-order chi connectivity index (χ1) is 22.4. The molecule has 3 aromatic heterocycles. The Kier molecular flexibility index (Phi) is 8.68. The third-order valence-electron chi connectivity index (χ3n) is 8.06. The van der Waals surface area contributed by atoms with Crippen molar-refractivity contribution in [3.63, 3.8) is 0 Å². The molecule has 2 aromatic carbocycles. The van der Waals surface area contributed by atoms with E-state index in [0.717, 1.165) is 13.1 Å². The van der Waals surface area contributed by atoms with Crippen LogP contribution in [0.4, 0.5) is 21.8 Å². The zero-order valence-electron chi connectivity index (χ0n) is 26.4. The average Bonchev–Trinajstić information content (AvgIpc) is 3.45. The fraction of sp³-hybridized carbons (Fsp3) is 0.344. The Balaban J connectivity index is 1.19. The Morgan fingerprint density at radius 1 is 1.02 bits per heavy atom. The van der Waals surface area contributed by atoms with Crippen molar-refractivity contribution >= 4 is 55.1 Å². The lowest BCUT2D eigenvalue weighted by atomic mass is 10.1. The summed E-state index contributed by atoms with van der Waals surface area (Å²) in [7, 11) is -2.53. The van der Waals surface area contributed by atoms with Crippen LogP contribution in [0.15, 0.2) is 59.9 Å². The number of anilines is 3. The van der Waals surface area contributed by atoms with Gasteiger partial charge >= 0.3 is 5.97 Å². The maximum atomic E-state index is 14.0.